The molecule has 0 atom stereocenters. The molecule has 2 rings (SSSR count). The van der Waals surface area contributed by atoms with E-state index in [0.29, 0.717) is 32.0 Å². The summed E-state index contributed by atoms with van der Waals surface area (Å²) in [6.45, 7) is 3.80. The van der Waals surface area contributed by atoms with Gasteiger partial charge in [0.15, 0.2) is 24.1 Å². The van der Waals surface area contributed by atoms with Crippen LogP contribution in [0.1, 0.15) is 31.7 Å². The Labute approximate surface area is 197 Å². The van der Waals surface area contributed by atoms with Crippen LogP contribution in [0.5, 0.6) is 11.5 Å². The Bertz CT molecular complexity index is 732. The quantitative estimate of drug-likeness (QED) is 0.200. The van der Waals surface area contributed by atoms with Gasteiger partial charge in [0, 0.05) is 32.6 Å². The number of hydrogen-bond donors (Lipinski definition) is 2. The Balaban J connectivity index is 0.00000480. The molecule has 0 unspecified atom stereocenters. The van der Waals surface area contributed by atoms with Gasteiger partial charge in [-0.05, 0) is 37.5 Å². The molecule has 2 N–H and O–H groups in total. The first-order chi connectivity index (χ1) is 14.3. The number of guanidine groups is 1. The van der Waals surface area contributed by atoms with E-state index in [0.717, 1.165) is 31.5 Å². The number of nitrogens with zero attached hydrogens (tertiary/aromatic N) is 2. The monoisotopic (exact) mass is 558 g/mol. The highest BCUT2D eigenvalue weighted by Gasteiger charge is 2.29. The standard InChI is InChI=1S/C20H29F3N4O3.HI/c1-3-24-19(25-9-5-11-27-10-4-6-18(27)28)26-13-15-7-8-16(17(12-15)29-2)30-14-20(21,22)23;/h7-8,12H,3-6,9-11,13-14H2,1-2H3,(H2,24,25,26);1H. The number of rotatable bonds is 10. The van der Waals surface area contributed by atoms with Crippen molar-refractivity contribution in [2.75, 3.05) is 39.9 Å². The number of methoxy groups -OCH3 is 1. The lowest BCUT2D eigenvalue weighted by atomic mass is 10.2. The lowest BCUT2D eigenvalue weighted by Gasteiger charge is -2.16. The zero-order valence-corrected chi connectivity index (χ0v) is 20.1. The van der Waals surface area contributed by atoms with E-state index in [1.165, 1.54) is 13.2 Å². The minimum atomic E-state index is -4.41. The third-order valence-corrected chi connectivity index (χ3v) is 4.45. The van der Waals surface area contributed by atoms with Gasteiger partial charge < -0.3 is 25.0 Å². The topological polar surface area (TPSA) is 75.2 Å². The molecule has 176 valence electrons. The molecule has 1 aromatic carbocycles. The van der Waals surface area contributed by atoms with Gasteiger partial charge in [-0.3, -0.25) is 4.79 Å². The number of amides is 1. The van der Waals surface area contributed by atoms with Crippen molar-refractivity contribution in [1.29, 1.82) is 0 Å². The summed E-state index contributed by atoms with van der Waals surface area (Å²) in [7, 11) is 1.37. The summed E-state index contributed by atoms with van der Waals surface area (Å²) in [6, 6.07) is 4.71. The van der Waals surface area contributed by atoms with Crippen molar-refractivity contribution >= 4 is 35.8 Å². The van der Waals surface area contributed by atoms with Crippen molar-refractivity contribution in [2.45, 2.75) is 38.9 Å². The van der Waals surface area contributed by atoms with Gasteiger partial charge in [0.25, 0.3) is 0 Å². The fourth-order valence-electron chi connectivity index (χ4n) is 3.02. The van der Waals surface area contributed by atoms with E-state index in [9.17, 15) is 18.0 Å². The van der Waals surface area contributed by atoms with Crippen molar-refractivity contribution in [3.05, 3.63) is 23.8 Å². The summed E-state index contributed by atoms with van der Waals surface area (Å²) in [5, 5.41) is 6.37. The average molecular weight is 558 g/mol. The van der Waals surface area contributed by atoms with Crippen LogP contribution < -0.4 is 20.1 Å². The van der Waals surface area contributed by atoms with Crippen LogP contribution in [0.15, 0.2) is 23.2 Å². The molecule has 7 nitrogen and oxygen atoms in total. The van der Waals surface area contributed by atoms with Crippen molar-refractivity contribution < 1.29 is 27.4 Å². The molecule has 1 amide bonds. The Morgan fingerprint density at radius 2 is 2.03 bits per heavy atom. The lowest BCUT2D eigenvalue weighted by molar-refractivity contribution is -0.153. The molecule has 0 saturated carbocycles. The fourth-order valence-corrected chi connectivity index (χ4v) is 3.02. The maximum atomic E-state index is 12.4. The Morgan fingerprint density at radius 1 is 1.26 bits per heavy atom. The second kappa shape index (κ2) is 13.5. The van der Waals surface area contributed by atoms with E-state index in [1.807, 2.05) is 11.8 Å². The highest BCUT2D eigenvalue weighted by atomic mass is 127. The van der Waals surface area contributed by atoms with Crippen LogP contribution in [0.25, 0.3) is 0 Å². The number of carbonyl (C=O) groups excluding carboxylic acids is 1. The van der Waals surface area contributed by atoms with Gasteiger partial charge in [-0.25, -0.2) is 4.99 Å². The summed E-state index contributed by atoms with van der Waals surface area (Å²) in [5.74, 6) is 1.10. The minimum Gasteiger partial charge on any atom is -0.493 e. The van der Waals surface area contributed by atoms with Crippen LogP contribution in [0.4, 0.5) is 13.2 Å². The van der Waals surface area contributed by atoms with Gasteiger partial charge in [0.05, 0.1) is 13.7 Å². The molecule has 1 aliphatic rings. The molecule has 1 fully saturated rings. The van der Waals surface area contributed by atoms with E-state index < -0.39 is 12.8 Å². The van der Waals surface area contributed by atoms with Crippen molar-refractivity contribution in [2.24, 2.45) is 4.99 Å². The van der Waals surface area contributed by atoms with E-state index in [-0.39, 0.29) is 41.4 Å². The van der Waals surface area contributed by atoms with Crippen LogP contribution in [-0.4, -0.2) is 62.8 Å². The number of hydrogen-bond acceptors (Lipinski definition) is 4. The van der Waals surface area contributed by atoms with Crippen molar-refractivity contribution in [3.63, 3.8) is 0 Å². The molecule has 0 spiro atoms. The molecule has 1 aliphatic heterocycles. The van der Waals surface area contributed by atoms with Gasteiger partial charge >= 0.3 is 6.18 Å². The van der Waals surface area contributed by atoms with Gasteiger partial charge in [-0.1, -0.05) is 6.07 Å². The zero-order chi connectivity index (χ0) is 22.0. The van der Waals surface area contributed by atoms with Crippen molar-refractivity contribution in [1.82, 2.24) is 15.5 Å². The van der Waals surface area contributed by atoms with E-state index in [4.69, 9.17) is 9.47 Å². The number of likely N-dealkylation sites (tertiary alicyclic amines) is 1. The van der Waals surface area contributed by atoms with Gasteiger partial charge in [0.1, 0.15) is 0 Å². The summed E-state index contributed by atoms with van der Waals surface area (Å²) >= 11 is 0. The maximum Gasteiger partial charge on any atom is 0.422 e. The lowest BCUT2D eigenvalue weighted by Crippen LogP contribution is -2.39. The molecule has 0 aliphatic carbocycles. The average Bonchev–Trinajstić information content (AvgIpc) is 3.12. The van der Waals surface area contributed by atoms with Gasteiger partial charge in [-0.15, -0.1) is 24.0 Å². The predicted molar refractivity (Wildman–Crippen MR) is 123 cm³/mol. The maximum absolute atomic E-state index is 12.4. The number of nitrogens with one attached hydrogen (secondary N) is 2. The van der Waals surface area contributed by atoms with Crippen LogP contribution in [-0.2, 0) is 11.3 Å². The fraction of sp³-hybridized carbons (Fsp3) is 0.600. The summed E-state index contributed by atoms with van der Waals surface area (Å²) in [4.78, 5) is 18.0. The van der Waals surface area contributed by atoms with Gasteiger partial charge in [0.2, 0.25) is 5.91 Å². The molecule has 0 radical (unpaired) electrons. The second-order valence-corrected chi connectivity index (χ2v) is 6.85. The molecule has 1 heterocycles. The number of ether oxygens (including phenoxy) is 2. The summed E-state index contributed by atoms with van der Waals surface area (Å²) in [6.07, 6.45) is -2.03. The highest BCUT2D eigenvalue weighted by molar-refractivity contribution is 14.0. The van der Waals surface area contributed by atoms with Crippen LogP contribution in [0, 0.1) is 0 Å². The zero-order valence-electron chi connectivity index (χ0n) is 17.8. The third kappa shape index (κ3) is 9.83. The smallest absolute Gasteiger partial charge is 0.422 e. The Hall–Kier alpha value is -1.92. The SMILES string of the molecule is CCNC(=NCc1ccc(OCC(F)(F)F)c(OC)c1)NCCCN1CCCC1=O.I. The summed E-state index contributed by atoms with van der Waals surface area (Å²) in [5.41, 5.74) is 0.770. The Kier molecular flexibility index (Phi) is 11.8. The number of halogens is 4. The molecule has 1 aromatic rings. The first-order valence-corrected chi connectivity index (χ1v) is 9.99. The van der Waals surface area contributed by atoms with E-state index in [1.54, 1.807) is 12.1 Å². The molecular weight excluding hydrogens is 528 g/mol. The molecular formula is C20H30F3IN4O3. The van der Waals surface area contributed by atoms with Crippen LogP contribution in [0.3, 0.4) is 0 Å². The summed E-state index contributed by atoms with van der Waals surface area (Å²) < 4.78 is 47.0. The minimum absolute atomic E-state index is 0. The van der Waals surface area contributed by atoms with Crippen LogP contribution in [0.2, 0.25) is 0 Å². The van der Waals surface area contributed by atoms with Gasteiger partial charge in [-0.2, -0.15) is 13.2 Å². The van der Waals surface area contributed by atoms with E-state index >= 15 is 0 Å². The largest absolute Gasteiger partial charge is 0.493 e. The number of benzene rings is 1. The molecule has 0 aromatic heterocycles. The molecule has 1 saturated heterocycles. The number of alkyl halides is 3. The molecule has 11 heteroatoms. The van der Waals surface area contributed by atoms with Crippen LogP contribution >= 0.6 is 24.0 Å². The van der Waals surface area contributed by atoms with Crippen molar-refractivity contribution in [3.8, 4) is 11.5 Å². The first-order valence-electron chi connectivity index (χ1n) is 9.99. The normalized spacial score (nSPS) is 14.3. The number of aliphatic imine (C=N–C) groups is 1. The van der Waals surface area contributed by atoms with E-state index in [2.05, 4.69) is 15.6 Å². The second-order valence-electron chi connectivity index (χ2n) is 6.85. The molecule has 31 heavy (non-hydrogen) atoms. The first kappa shape index (κ1) is 27.1. The predicted octanol–water partition coefficient (Wildman–Crippen LogP) is 3.32. The highest BCUT2D eigenvalue weighted by Crippen LogP contribution is 2.30. The molecule has 0 bridgehead atoms. The third-order valence-electron chi connectivity index (χ3n) is 4.45. The number of carbonyl (C=O) groups is 1. The Morgan fingerprint density at radius 3 is 2.65 bits per heavy atom.